The molecule has 5 nitrogen and oxygen atoms in total. The zero-order valence-electron chi connectivity index (χ0n) is 14.2. The number of aromatic nitrogens is 1. The number of likely N-dealkylation sites (tertiary alicyclic amines) is 1. The fraction of sp³-hybridized carbons (Fsp3) is 0.647. The Bertz CT molecular complexity index is 503. The van der Waals surface area contributed by atoms with Crippen LogP contribution in [-0.4, -0.2) is 61.0 Å². The summed E-state index contributed by atoms with van der Waals surface area (Å²) in [7, 11) is 6.34. The highest BCUT2D eigenvalue weighted by molar-refractivity contribution is 5.78. The number of amides is 1. The minimum atomic E-state index is 0.0806. The molecule has 1 aromatic rings. The first kappa shape index (κ1) is 16.9. The molecule has 22 heavy (non-hydrogen) atoms. The van der Waals surface area contributed by atoms with Gasteiger partial charge in [-0.15, -0.1) is 0 Å². The first-order valence-corrected chi connectivity index (χ1v) is 7.99. The van der Waals surface area contributed by atoms with Crippen LogP contribution in [0.1, 0.15) is 24.0 Å². The van der Waals surface area contributed by atoms with E-state index in [0.717, 1.165) is 37.1 Å². The number of pyridine rings is 1. The van der Waals surface area contributed by atoms with Crippen LogP contribution in [0.25, 0.3) is 0 Å². The number of aryl methyl sites for hydroxylation is 1. The Morgan fingerprint density at radius 2 is 2.18 bits per heavy atom. The van der Waals surface area contributed by atoms with Crippen LogP contribution >= 0.6 is 0 Å². The number of likely N-dealkylation sites (N-methyl/N-ethyl adjacent to an activating group) is 2. The van der Waals surface area contributed by atoms with Gasteiger partial charge in [-0.05, 0) is 58.1 Å². The summed E-state index contributed by atoms with van der Waals surface area (Å²) < 4.78 is 0. The molecule has 0 aliphatic carbocycles. The summed E-state index contributed by atoms with van der Waals surface area (Å²) in [5, 5.41) is 3.09. The number of nitrogens with zero attached hydrogens (tertiary/aromatic N) is 3. The molecule has 0 unspecified atom stereocenters. The highest BCUT2D eigenvalue weighted by Crippen LogP contribution is 2.18. The van der Waals surface area contributed by atoms with Gasteiger partial charge in [0.25, 0.3) is 0 Å². The predicted octanol–water partition coefficient (Wildman–Crippen LogP) is 1.28. The number of carbonyl (C=O) groups excluding carboxylic acids is 1. The Labute approximate surface area is 133 Å². The van der Waals surface area contributed by atoms with Crippen molar-refractivity contribution in [1.82, 2.24) is 20.1 Å². The molecule has 1 fully saturated rings. The summed E-state index contributed by atoms with van der Waals surface area (Å²) in [5.74, 6) is 0.250. The lowest BCUT2D eigenvalue weighted by Crippen LogP contribution is -2.39. The van der Waals surface area contributed by atoms with Crippen molar-refractivity contribution >= 4 is 5.91 Å². The van der Waals surface area contributed by atoms with E-state index in [1.165, 1.54) is 0 Å². The van der Waals surface area contributed by atoms with Gasteiger partial charge in [0, 0.05) is 38.1 Å². The fourth-order valence-electron chi connectivity index (χ4n) is 3.05. The molecular weight excluding hydrogens is 276 g/mol. The van der Waals surface area contributed by atoms with E-state index in [1.807, 2.05) is 19.2 Å². The van der Waals surface area contributed by atoms with Crippen molar-refractivity contribution in [1.29, 1.82) is 0 Å². The summed E-state index contributed by atoms with van der Waals surface area (Å²) >= 11 is 0. The van der Waals surface area contributed by atoms with Crippen LogP contribution < -0.4 is 5.32 Å². The van der Waals surface area contributed by atoms with Gasteiger partial charge in [0.1, 0.15) is 0 Å². The van der Waals surface area contributed by atoms with E-state index in [1.54, 1.807) is 6.20 Å². The molecule has 1 aromatic heterocycles. The van der Waals surface area contributed by atoms with Crippen molar-refractivity contribution in [3.8, 4) is 0 Å². The summed E-state index contributed by atoms with van der Waals surface area (Å²) in [6, 6.07) is 2.50. The molecule has 0 aromatic carbocycles. The third kappa shape index (κ3) is 4.52. The van der Waals surface area contributed by atoms with E-state index in [4.69, 9.17) is 0 Å². The summed E-state index contributed by atoms with van der Waals surface area (Å²) in [6.07, 6.45) is 5.64. The minimum absolute atomic E-state index is 0.0806. The van der Waals surface area contributed by atoms with Crippen molar-refractivity contribution in [2.75, 3.05) is 34.2 Å². The smallest absolute Gasteiger partial charge is 0.224 e. The Hall–Kier alpha value is -1.46. The number of rotatable bonds is 4. The average molecular weight is 304 g/mol. The highest BCUT2D eigenvalue weighted by atomic mass is 16.1. The van der Waals surface area contributed by atoms with Crippen molar-refractivity contribution in [2.24, 2.45) is 5.92 Å². The van der Waals surface area contributed by atoms with E-state index in [9.17, 15) is 4.79 Å². The molecule has 2 rings (SSSR count). The van der Waals surface area contributed by atoms with E-state index in [-0.39, 0.29) is 11.8 Å². The summed E-state index contributed by atoms with van der Waals surface area (Å²) in [4.78, 5) is 21.1. The van der Waals surface area contributed by atoms with Crippen LogP contribution in [0.3, 0.4) is 0 Å². The molecule has 1 amide bonds. The number of hydrogen-bond acceptors (Lipinski definition) is 4. The second-order valence-electron chi connectivity index (χ2n) is 6.63. The predicted molar refractivity (Wildman–Crippen MR) is 88.5 cm³/mol. The van der Waals surface area contributed by atoms with Crippen LogP contribution in [0.15, 0.2) is 18.5 Å². The van der Waals surface area contributed by atoms with Crippen molar-refractivity contribution in [3.63, 3.8) is 0 Å². The first-order chi connectivity index (χ1) is 10.5. The zero-order valence-corrected chi connectivity index (χ0v) is 14.2. The normalized spacial score (nSPS) is 23.3. The van der Waals surface area contributed by atoms with Gasteiger partial charge in [0.05, 0.1) is 5.92 Å². The Morgan fingerprint density at radius 1 is 1.41 bits per heavy atom. The minimum Gasteiger partial charge on any atom is -0.352 e. The molecule has 1 aliphatic heterocycles. The van der Waals surface area contributed by atoms with Crippen LogP contribution in [-0.2, 0) is 11.3 Å². The monoisotopic (exact) mass is 304 g/mol. The number of nitrogens with one attached hydrogen (secondary N) is 1. The van der Waals surface area contributed by atoms with Gasteiger partial charge < -0.3 is 15.1 Å². The molecule has 0 bridgehead atoms. The van der Waals surface area contributed by atoms with Gasteiger partial charge in [-0.2, -0.15) is 0 Å². The zero-order chi connectivity index (χ0) is 16.1. The van der Waals surface area contributed by atoms with Crippen LogP contribution in [0.4, 0.5) is 0 Å². The van der Waals surface area contributed by atoms with E-state index in [2.05, 4.69) is 41.2 Å². The quantitative estimate of drug-likeness (QED) is 0.910. The lowest BCUT2D eigenvalue weighted by Gasteiger charge is -2.25. The Balaban J connectivity index is 1.91. The van der Waals surface area contributed by atoms with Crippen molar-refractivity contribution in [2.45, 2.75) is 32.4 Å². The maximum atomic E-state index is 12.5. The first-order valence-electron chi connectivity index (χ1n) is 7.99. The summed E-state index contributed by atoms with van der Waals surface area (Å²) in [5.41, 5.74) is 2.25. The molecule has 0 radical (unpaired) electrons. The van der Waals surface area contributed by atoms with Crippen molar-refractivity contribution < 1.29 is 4.79 Å². The number of hydrogen-bond donors (Lipinski definition) is 1. The van der Waals surface area contributed by atoms with E-state index >= 15 is 0 Å². The van der Waals surface area contributed by atoms with E-state index < -0.39 is 0 Å². The molecule has 1 saturated heterocycles. The fourth-order valence-corrected chi connectivity index (χ4v) is 3.05. The molecule has 2 atom stereocenters. The maximum Gasteiger partial charge on any atom is 0.224 e. The Kier molecular flexibility index (Phi) is 5.91. The largest absolute Gasteiger partial charge is 0.352 e. The average Bonchev–Trinajstić information content (AvgIpc) is 2.68. The Morgan fingerprint density at radius 3 is 2.86 bits per heavy atom. The third-order valence-corrected chi connectivity index (χ3v) is 4.59. The summed E-state index contributed by atoms with van der Waals surface area (Å²) in [6.45, 7) is 4.48. The second kappa shape index (κ2) is 7.70. The third-order valence-electron chi connectivity index (χ3n) is 4.59. The van der Waals surface area contributed by atoms with Crippen LogP contribution in [0.5, 0.6) is 0 Å². The van der Waals surface area contributed by atoms with Crippen LogP contribution in [0.2, 0.25) is 0 Å². The van der Waals surface area contributed by atoms with Gasteiger partial charge in [-0.25, -0.2) is 0 Å². The molecule has 1 aliphatic rings. The van der Waals surface area contributed by atoms with Gasteiger partial charge in [-0.1, -0.05) is 0 Å². The molecule has 5 heteroatoms. The molecule has 2 heterocycles. The second-order valence-corrected chi connectivity index (χ2v) is 6.63. The van der Waals surface area contributed by atoms with Crippen molar-refractivity contribution in [3.05, 3.63) is 29.6 Å². The standard InChI is InChI=1S/C17H28N4O/c1-13-9-18-8-7-14(13)10-19-17(22)15-5-6-16(20(2)3)12-21(4)11-15/h7-9,15-16H,5-6,10-12H2,1-4H3,(H,19,22)/t15-,16+/m1/s1. The van der Waals surface area contributed by atoms with Gasteiger partial charge in [0.2, 0.25) is 5.91 Å². The molecular formula is C17H28N4O. The van der Waals surface area contributed by atoms with Gasteiger partial charge >= 0.3 is 0 Å². The van der Waals surface area contributed by atoms with Gasteiger partial charge in [0.15, 0.2) is 0 Å². The highest BCUT2D eigenvalue weighted by Gasteiger charge is 2.27. The molecule has 0 spiro atoms. The number of carbonyl (C=O) groups is 1. The SMILES string of the molecule is Cc1cnccc1CNC(=O)[C@@H]1CC[C@H](N(C)C)CN(C)C1. The lowest BCUT2D eigenvalue weighted by molar-refractivity contribution is -0.125. The van der Waals surface area contributed by atoms with Crippen LogP contribution in [0, 0.1) is 12.8 Å². The topological polar surface area (TPSA) is 48.5 Å². The maximum absolute atomic E-state index is 12.5. The molecule has 1 N–H and O–H groups in total. The van der Waals surface area contributed by atoms with E-state index in [0.29, 0.717) is 12.6 Å². The molecule has 122 valence electrons. The lowest BCUT2D eigenvalue weighted by atomic mass is 10.0. The molecule has 0 saturated carbocycles. The van der Waals surface area contributed by atoms with Gasteiger partial charge in [-0.3, -0.25) is 9.78 Å².